The summed E-state index contributed by atoms with van der Waals surface area (Å²) in [5.41, 5.74) is 6.09. The van der Waals surface area contributed by atoms with Gasteiger partial charge in [-0.2, -0.15) is 0 Å². The molecule has 1 aromatic heterocycles. The fourth-order valence-electron chi connectivity index (χ4n) is 1.61. The minimum absolute atomic E-state index is 0.0309. The fraction of sp³-hybridized carbons (Fsp3) is 0.0833. The monoisotopic (exact) mass is 345 g/mol. The number of hydrogen-bond donors (Lipinski definition) is 3. The Hall–Kier alpha value is -1.83. The van der Waals surface area contributed by atoms with E-state index in [4.69, 9.17) is 34.0 Å². The molecule has 0 saturated heterocycles. The van der Waals surface area contributed by atoms with Gasteiger partial charge in [-0.05, 0) is 19.1 Å². The number of anilines is 2. The van der Waals surface area contributed by atoms with Crippen molar-refractivity contribution in [1.82, 2.24) is 4.98 Å². The summed E-state index contributed by atoms with van der Waals surface area (Å²) in [6.45, 7) is 1.65. The van der Waals surface area contributed by atoms with Crippen LogP contribution in [0, 0.1) is 6.92 Å². The molecule has 0 unspecified atom stereocenters. The molecule has 1 amide bonds. The van der Waals surface area contributed by atoms with Crippen molar-refractivity contribution in [2.24, 2.45) is 0 Å². The van der Waals surface area contributed by atoms with E-state index in [0.717, 1.165) is 11.3 Å². The Labute approximate surface area is 133 Å². The lowest BCUT2D eigenvalue weighted by Crippen LogP contribution is -2.13. The standard InChI is InChI=1S/C12H9Cl2N3O3S/c1-4-9(21-12(15)16-4)10(18)17-8-6(13)2-5(11(19)20)3-7(8)14/h2-3H,1H3,(H2,15,16)(H,17,18)(H,19,20). The average molecular weight is 346 g/mol. The first-order chi connectivity index (χ1) is 9.79. The molecular weight excluding hydrogens is 337 g/mol. The molecule has 0 fully saturated rings. The number of aromatic carboxylic acids is 1. The maximum Gasteiger partial charge on any atom is 0.335 e. The Balaban J connectivity index is 2.34. The van der Waals surface area contributed by atoms with Crippen LogP contribution in [0.4, 0.5) is 10.8 Å². The number of rotatable bonds is 3. The molecule has 4 N–H and O–H groups in total. The number of nitrogens with one attached hydrogen (secondary N) is 1. The molecule has 0 atom stereocenters. The highest BCUT2D eigenvalue weighted by atomic mass is 35.5. The molecule has 0 radical (unpaired) electrons. The molecular formula is C12H9Cl2N3O3S. The molecule has 1 aromatic carbocycles. The largest absolute Gasteiger partial charge is 0.478 e. The molecule has 2 rings (SSSR count). The predicted molar refractivity (Wildman–Crippen MR) is 82.6 cm³/mol. The zero-order chi connectivity index (χ0) is 15.7. The fourth-order valence-corrected chi connectivity index (χ4v) is 2.92. The molecule has 110 valence electrons. The van der Waals surface area contributed by atoms with Gasteiger partial charge in [0.25, 0.3) is 5.91 Å². The first-order valence-electron chi connectivity index (χ1n) is 5.56. The van der Waals surface area contributed by atoms with Crippen molar-refractivity contribution in [3.8, 4) is 0 Å². The van der Waals surface area contributed by atoms with Crippen LogP contribution in [0.1, 0.15) is 25.7 Å². The van der Waals surface area contributed by atoms with Crippen LogP contribution < -0.4 is 11.1 Å². The lowest BCUT2D eigenvalue weighted by molar-refractivity contribution is 0.0696. The average Bonchev–Trinajstić information content (AvgIpc) is 2.72. The second-order valence-electron chi connectivity index (χ2n) is 4.04. The van der Waals surface area contributed by atoms with Crippen LogP contribution in [0.15, 0.2) is 12.1 Å². The van der Waals surface area contributed by atoms with E-state index in [1.54, 1.807) is 6.92 Å². The number of amides is 1. The van der Waals surface area contributed by atoms with Gasteiger partial charge in [-0.1, -0.05) is 34.5 Å². The Morgan fingerprint density at radius 3 is 2.33 bits per heavy atom. The van der Waals surface area contributed by atoms with Crippen LogP contribution in [0.3, 0.4) is 0 Å². The van der Waals surface area contributed by atoms with Gasteiger partial charge in [-0.3, -0.25) is 4.79 Å². The summed E-state index contributed by atoms with van der Waals surface area (Å²) < 4.78 is 0. The van der Waals surface area contributed by atoms with E-state index in [0.29, 0.717) is 10.6 Å². The van der Waals surface area contributed by atoms with Crippen LogP contribution in [0.5, 0.6) is 0 Å². The topological polar surface area (TPSA) is 105 Å². The molecule has 6 nitrogen and oxygen atoms in total. The number of nitrogen functional groups attached to an aromatic ring is 1. The molecule has 0 aliphatic rings. The quantitative estimate of drug-likeness (QED) is 0.791. The van der Waals surface area contributed by atoms with Gasteiger partial charge in [0.1, 0.15) is 4.88 Å². The van der Waals surface area contributed by atoms with Crippen LogP contribution in [-0.2, 0) is 0 Å². The van der Waals surface area contributed by atoms with Crippen LogP contribution in [-0.4, -0.2) is 22.0 Å². The van der Waals surface area contributed by atoms with E-state index in [9.17, 15) is 9.59 Å². The number of benzene rings is 1. The minimum Gasteiger partial charge on any atom is -0.478 e. The highest BCUT2D eigenvalue weighted by Gasteiger charge is 2.18. The first-order valence-corrected chi connectivity index (χ1v) is 7.13. The zero-order valence-electron chi connectivity index (χ0n) is 10.6. The second kappa shape index (κ2) is 5.88. The highest BCUT2D eigenvalue weighted by Crippen LogP contribution is 2.33. The summed E-state index contributed by atoms with van der Waals surface area (Å²) in [6.07, 6.45) is 0. The molecule has 0 spiro atoms. The summed E-state index contributed by atoms with van der Waals surface area (Å²) >= 11 is 12.9. The van der Waals surface area contributed by atoms with Crippen LogP contribution in [0.2, 0.25) is 10.0 Å². The van der Waals surface area contributed by atoms with Crippen molar-refractivity contribution in [3.05, 3.63) is 38.3 Å². The summed E-state index contributed by atoms with van der Waals surface area (Å²) in [7, 11) is 0. The Kier molecular flexibility index (Phi) is 4.36. The number of aryl methyl sites for hydroxylation is 1. The number of nitrogens with two attached hydrogens (primary N) is 1. The van der Waals surface area contributed by atoms with Gasteiger partial charge in [0.05, 0.1) is 27.0 Å². The van der Waals surface area contributed by atoms with Crippen molar-refractivity contribution in [2.45, 2.75) is 6.92 Å². The third kappa shape index (κ3) is 3.26. The van der Waals surface area contributed by atoms with Crippen molar-refractivity contribution < 1.29 is 14.7 Å². The summed E-state index contributed by atoms with van der Waals surface area (Å²) in [5, 5.41) is 11.8. The van der Waals surface area contributed by atoms with E-state index in [-0.39, 0.29) is 26.4 Å². The maximum absolute atomic E-state index is 12.1. The van der Waals surface area contributed by atoms with Gasteiger partial charge in [-0.25, -0.2) is 9.78 Å². The van der Waals surface area contributed by atoms with Crippen molar-refractivity contribution in [1.29, 1.82) is 0 Å². The number of carbonyl (C=O) groups is 2. The molecule has 0 saturated carbocycles. The van der Waals surface area contributed by atoms with E-state index < -0.39 is 11.9 Å². The van der Waals surface area contributed by atoms with Gasteiger partial charge < -0.3 is 16.2 Å². The molecule has 0 aliphatic carbocycles. The van der Waals surface area contributed by atoms with Crippen LogP contribution in [0.25, 0.3) is 0 Å². The van der Waals surface area contributed by atoms with E-state index >= 15 is 0 Å². The molecule has 1 heterocycles. The lowest BCUT2D eigenvalue weighted by atomic mass is 10.2. The number of carbonyl (C=O) groups excluding carboxylic acids is 1. The second-order valence-corrected chi connectivity index (χ2v) is 5.89. The molecule has 0 aliphatic heterocycles. The smallest absolute Gasteiger partial charge is 0.335 e. The Morgan fingerprint density at radius 2 is 1.90 bits per heavy atom. The maximum atomic E-state index is 12.1. The molecule has 9 heteroatoms. The van der Waals surface area contributed by atoms with Gasteiger partial charge in [0, 0.05) is 0 Å². The van der Waals surface area contributed by atoms with E-state index in [1.165, 1.54) is 12.1 Å². The lowest BCUT2D eigenvalue weighted by Gasteiger charge is -2.09. The normalized spacial score (nSPS) is 10.4. The first kappa shape index (κ1) is 15.6. The SMILES string of the molecule is Cc1nc(N)sc1C(=O)Nc1c(Cl)cc(C(=O)O)cc1Cl. The van der Waals surface area contributed by atoms with Crippen molar-refractivity contribution >= 4 is 57.2 Å². The van der Waals surface area contributed by atoms with E-state index in [1.807, 2.05) is 0 Å². The number of carboxylic acid groups (broad SMARTS) is 1. The number of thiazole rings is 1. The number of nitrogens with zero attached hydrogens (tertiary/aromatic N) is 1. The molecule has 21 heavy (non-hydrogen) atoms. The zero-order valence-corrected chi connectivity index (χ0v) is 12.9. The number of halogens is 2. The molecule has 2 aromatic rings. The number of carboxylic acids is 1. The van der Waals surface area contributed by atoms with Gasteiger partial charge in [0.15, 0.2) is 5.13 Å². The molecule has 0 bridgehead atoms. The van der Waals surface area contributed by atoms with Crippen molar-refractivity contribution in [2.75, 3.05) is 11.1 Å². The Morgan fingerprint density at radius 1 is 1.33 bits per heavy atom. The number of hydrogen-bond acceptors (Lipinski definition) is 5. The Bertz CT molecular complexity index is 722. The van der Waals surface area contributed by atoms with Gasteiger partial charge in [0.2, 0.25) is 0 Å². The van der Waals surface area contributed by atoms with E-state index in [2.05, 4.69) is 10.3 Å². The third-order valence-electron chi connectivity index (χ3n) is 2.55. The summed E-state index contributed by atoms with van der Waals surface area (Å²) in [5.74, 6) is -1.63. The summed E-state index contributed by atoms with van der Waals surface area (Å²) in [4.78, 5) is 27.3. The highest BCUT2D eigenvalue weighted by molar-refractivity contribution is 7.17. The van der Waals surface area contributed by atoms with Crippen molar-refractivity contribution in [3.63, 3.8) is 0 Å². The summed E-state index contributed by atoms with van der Waals surface area (Å²) in [6, 6.07) is 2.42. The number of aromatic nitrogens is 1. The minimum atomic E-state index is -1.16. The predicted octanol–water partition coefficient (Wildman–Crippen LogP) is 3.29. The van der Waals surface area contributed by atoms with Gasteiger partial charge in [-0.15, -0.1) is 0 Å². The van der Waals surface area contributed by atoms with Crippen LogP contribution >= 0.6 is 34.5 Å². The third-order valence-corrected chi connectivity index (χ3v) is 4.13. The van der Waals surface area contributed by atoms with Gasteiger partial charge >= 0.3 is 5.97 Å².